The number of carbonyl (C=O) groups excluding carboxylic acids is 1. The van der Waals surface area contributed by atoms with E-state index in [1.165, 1.54) is 12.8 Å². The molecular weight excluding hydrogens is 278 g/mol. The van der Waals surface area contributed by atoms with Crippen molar-refractivity contribution in [2.75, 3.05) is 13.1 Å². The lowest BCUT2D eigenvalue weighted by atomic mass is 9.52. The summed E-state index contributed by atoms with van der Waals surface area (Å²) < 4.78 is 0. The number of nitrogens with zero attached hydrogens (tertiary/aromatic N) is 2. The van der Waals surface area contributed by atoms with Gasteiger partial charge in [0, 0.05) is 12.6 Å². The maximum atomic E-state index is 12.4. The van der Waals surface area contributed by atoms with Crippen LogP contribution in [0.4, 0.5) is 0 Å². The molecule has 0 radical (unpaired) electrons. The Morgan fingerprint density at radius 1 is 1.32 bits per heavy atom. The highest BCUT2D eigenvalue weighted by atomic mass is 16.3. The van der Waals surface area contributed by atoms with Crippen LogP contribution in [0.15, 0.2) is 0 Å². The van der Waals surface area contributed by atoms with E-state index in [1.807, 2.05) is 0 Å². The predicted octanol–water partition coefficient (Wildman–Crippen LogP) is 1.03. The molecule has 1 aliphatic heterocycles. The Hall–Kier alpha value is -1.12. The number of hydrogen-bond donors (Lipinski definition) is 2. The van der Waals surface area contributed by atoms with Gasteiger partial charge in [-0.3, -0.25) is 4.79 Å². The summed E-state index contributed by atoms with van der Waals surface area (Å²) in [5, 5.41) is 23.2. The van der Waals surface area contributed by atoms with Crippen molar-refractivity contribution in [3.63, 3.8) is 0 Å². The Morgan fingerprint density at radius 3 is 2.68 bits per heavy atom. The number of hydrogen-bond acceptors (Lipinski definition) is 4. The van der Waals surface area contributed by atoms with Crippen LogP contribution in [0.3, 0.4) is 0 Å². The van der Waals surface area contributed by atoms with E-state index in [-0.39, 0.29) is 11.9 Å². The zero-order valence-electron chi connectivity index (χ0n) is 13.0. The maximum absolute atomic E-state index is 12.4. The summed E-state index contributed by atoms with van der Waals surface area (Å²) in [6.45, 7) is 1.07. The molecule has 4 bridgehead atoms. The van der Waals surface area contributed by atoms with Crippen LogP contribution in [0.2, 0.25) is 0 Å². The highest BCUT2D eigenvalue weighted by Gasteiger charge is 2.54. The quantitative estimate of drug-likeness (QED) is 0.816. The van der Waals surface area contributed by atoms with E-state index < -0.39 is 5.60 Å². The average Bonchev–Trinajstić information content (AvgIpc) is 2.93. The monoisotopic (exact) mass is 303 g/mol. The SMILES string of the molecule is N#C[C@@H]1CCCN1C(=O)CNC1C2CC3CC1CC(O)(C3)C2. The molecule has 5 rings (SSSR count). The van der Waals surface area contributed by atoms with Crippen LogP contribution >= 0.6 is 0 Å². The summed E-state index contributed by atoms with van der Waals surface area (Å²) in [6, 6.07) is 2.38. The minimum Gasteiger partial charge on any atom is -0.390 e. The van der Waals surface area contributed by atoms with Gasteiger partial charge in [-0.25, -0.2) is 0 Å². The van der Waals surface area contributed by atoms with Crippen molar-refractivity contribution in [2.24, 2.45) is 17.8 Å². The zero-order chi connectivity index (χ0) is 15.3. The first kappa shape index (κ1) is 14.5. The van der Waals surface area contributed by atoms with Crippen LogP contribution < -0.4 is 5.32 Å². The summed E-state index contributed by atoms with van der Waals surface area (Å²) in [6.07, 6.45) is 6.94. The summed E-state index contributed by atoms with van der Waals surface area (Å²) in [5.41, 5.74) is -0.417. The average molecular weight is 303 g/mol. The van der Waals surface area contributed by atoms with Gasteiger partial charge >= 0.3 is 0 Å². The number of rotatable bonds is 3. The van der Waals surface area contributed by atoms with Crippen LogP contribution in [0.25, 0.3) is 0 Å². The molecule has 5 aliphatic rings. The van der Waals surface area contributed by atoms with E-state index in [2.05, 4.69) is 11.4 Å². The molecule has 0 spiro atoms. The van der Waals surface area contributed by atoms with E-state index in [0.29, 0.717) is 30.3 Å². The van der Waals surface area contributed by atoms with Crippen molar-refractivity contribution in [3.8, 4) is 6.07 Å². The second-order valence-corrected chi connectivity index (χ2v) is 7.98. The Morgan fingerprint density at radius 2 is 2.05 bits per heavy atom. The lowest BCUT2D eigenvalue weighted by molar-refractivity contribution is -0.141. The minimum absolute atomic E-state index is 0.0663. The van der Waals surface area contributed by atoms with E-state index in [0.717, 1.165) is 38.6 Å². The van der Waals surface area contributed by atoms with Crippen molar-refractivity contribution >= 4 is 5.91 Å². The molecule has 0 aromatic rings. The summed E-state index contributed by atoms with van der Waals surface area (Å²) in [7, 11) is 0. The number of nitrogens with one attached hydrogen (secondary N) is 1. The van der Waals surface area contributed by atoms with Gasteiger partial charge in [0.15, 0.2) is 0 Å². The van der Waals surface area contributed by atoms with Crippen LogP contribution in [0.1, 0.15) is 44.9 Å². The van der Waals surface area contributed by atoms with Gasteiger partial charge in [0.05, 0.1) is 18.2 Å². The van der Waals surface area contributed by atoms with Crippen molar-refractivity contribution < 1.29 is 9.90 Å². The molecular formula is C17H25N3O2. The molecule has 1 amide bonds. The van der Waals surface area contributed by atoms with Gasteiger partial charge in [-0.05, 0) is 62.7 Å². The van der Waals surface area contributed by atoms with Crippen molar-refractivity contribution in [3.05, 3.63) is 0 Å². The molecule has 2 unspecified atom stereocenters. The second kappa shape index (κ2) is 5.21. The third kappa shape index (κ3) is 2.33. The van der Waals surface area contributed by atoms with E-state index in [9.17, 15) is 9.90 Å². The number of likely N-dealkylation sites (tertiary alicyclic amines) is 1. The molecule has 22 heavy (non-hydrogen) atoms. The normalized spacial score (nSPS) is 46.0. The molecule has 3 atom stereocenters. The molecule has 120 valence electrons. The van der Waals surface area contributed by atoms with E-state index in [1.54, 1.807) is 4.90 Å². The first-order valence-electron chi connectivity index (χ1n) is 8.73. The van der Waals surface area contributed by atoms with Crippen molar-refractivity contribution in [1.82, 2.24) is 10.2 Å². The van der Waals surface area contributed by atoms with E-state index in [4.69, 9.17) is 5.26 Å². The fourth-order valence-electron chi connectivity index (χ4n) is 5.82. The second-order valence-electron chi connectivity index (χ2n) is 7.98. The summed E-state index contributed by atoms with van der Waals surface area (Å²) in [4.78, 5) is 14.1. The number of aliphatic hydroxyl groups is 1. The Bertz CT molecular complexity index is 499. The molecule has 2 N–H and O–H groups in total. The van der Waals surface area contributed by atoms with Crippen LogP contribution in [0, 0.1) is 29.1 Å². The van der Waals surface area contributed by atoms with Crippen LogP contribution in [0.5, 0.6) is 0 Å². The smallest absolute Gasteiger partial charge is 0.237 e. The number of amides is 1. The van der Waals surface area contributed by atoms with Gasteiger partial charge < -0.3 is 15.3 Å². The Balaban J connectivity index is 1.37. The van der Waals surface area contributed by atoms with E-state index >= 15 is 0 Å². The molecule has 0 aromatic carbocycles. The van der Waals surface area contributed by atoms with Crippen molar-refractivity contribution in [2.45, 2.75) is 62.6 Å². The highest BCUT2D eigenvalue weighted by Crippen LogP contribution is 2.55. The number of nitriles is 1. The standard InChI is InChI=1S/C17H25N3O2/c18-9-14-2-1-3-20(14)15(21)10-19-16-12-4-11-5-13(16)8-17(22,6-11)7-12/h11-14,16,19,22H,1-8,10H2/t11?,12?,13?,14-,16?,17?/m0/s1. The lowest BCUT2D eigenvalue weighted by Gasteiger charge is -2.58. The molecule has 1 heterocycles. The minimum atomic E-state index is -0.417. The van der Waals surface area contributed by atoms with Gasteiger partial charge in [0.2, 0.25) is 5.91 Å². The van der Waals surface area contributed by atoms with Crippen molar-refractivity contribution in [1.29, 1.82) is 5.26 Å². The molecule has 5 nitrogen and oxygen atoms in total. The molecule has 5 heteroatoms. The lowest BCUT2D eigenvalue weighted by Crippen LogP contribution is -2.61. The largest absolute Gasteiger partial charge is 0.390 e. The summed E-state index contributed by atoms with van der Waals surface area (Å²) in [5.74, 6) is 1.80. The Kier molecular flexibility index (Phi) is 3.43. The first-order valence-corrected chi connectivity index (χ1v) is 8.73. The predicted molar refractivity (Wildman–Crippen MR) is 80.6 cm³/mol. The van der Waals surface area contributed by atoms with Gasteiger partial charge in [0.1, 0.15) is 6.04 Å². The fraction of sp³-hybridized carbons (Fsp3) is 0.882. The van der Waals surface area contributed by atoms with Crippen LogP contribution in [-0.2, 0) is 4.79 Å². The third-order valence-electron chi connectivity index (χ3n) is 6.45. The zero-order valence-corrected chi connectivity index (χ0v) is 13.0. The Labute approximate surface area is 131 Å². The molecule has 4 saturated carbocycles. The molecule has 5 fully saturated rings. The summed E-state index contributed by atoms with van der Waals surface area (Å²) >= 11 is 0. The fourth-order valence-corrected chi connectivity index (χ4v) is 5.82. The van der Waals surface area contributed by atoms with Gasteiger partial charge in [0.25, 0.3) is 0 Å². The number of carbonyl (C=O) groups is 1. The van der Waals surface area contributed by atoms with Crippen LogP contribution in [-0.4, -0.2) is 46.7 Å². The molecule has 0 aromatic heterocycles. The van der Waals surface area contributed by atoms with Gasteiger partial charge in [-0.2, -0.15) is 5.26 Å². The van der Waals surface area contributed by atoms with Gasteiger partial charge in [-0.1, -0.05) is 0 Å². The molecule has 1 saturated heterocycles. The highest BCUT2D eigenvalue weighted by molar-refractivity contribution is 5.79. The first-order chi connectivity index (χ1) is 10.6. The maximum Gasteiger partial charge on any atom is 0.237 e. The van der Waals surface area contributed by atoms with Gasteiger partial charge in [-0.15, -0.1) is 0 Å². The third-order valence-corrected chi connectivity index (χ3v) is 6.45. The topological polar surface area (TPSA) is 76.4 Å². The molecule has 4 aliphatic carbocycles.